The molecule has 2 saturated carbocycles. The maximum Gasteiger partial charge on any atom is 0.166 e. The van der Waals surface area contributed by atoms with Gasteiger partial charge in [-0.3, -0.25) is 0 Å². The van der Waals surface area contributed by atoms with E-state index in [1.54, 1.807) is 32.1 Å². The summed E-state index contributed by atoms with van der Waals surface area (Å²) in [4.78, 5) is 4.08. The predicted molar refractivity (Wildman–Crippen MR) is 112 cm³/mol. The van der Waals surface area contributed by atoms with E-state index in [0.29, 0.717) is 0 Å². The zero-order chi connectivity index (χ0) is 17.6. The highest BCUT2D eigenvalue weighted by molar-refractivity contribution is 7.97. The maximum absolute atomic E-state index is 2.21. The minimum atomic E-state index is -0.0146. The first-order valence-corrected chi connectivity index (χ1v) is 11.0. The zero-order valence-electron chi connectivity index (χ0n) is 15.3. The second-order valence-electron chi connectivity index (χ2n) is 7.37. The SMILES string of the molecule is C1CC2CCC1C2.c1ccc([S+](c2ccccc2)c2ccccc2)cc1. The molecule has 0 atom stereocenters. The van der Waals surface area contributed by atoms with Crippen LogP contribution in [0.5, 0.6) is 0 Å². The van der Waals surface area contributed by atoms with Crippen LogP contribution in [0.3, 0.4) is 0 Å². The topological polar surface area (TPSA) is 0 Å². The van der Waals surface area contributed by atoms with Crippen molar-refractivity contribution in [1.82, 2.24) is 0 Å². The van der Waals surface area contributed by atoms with Crippen LogP contribution in [0.15, 0.2) is 106 Å². The monoisotopic (exact) mass is 359 g/mol. The number of hydrogen-bond donors (Lipinski definition) is 0. The van der Waals surface area contributed by atoms with Gasteiger partial charge in [-0.05, 0) is 54.7 Å². The van der Waals surface area contributed by atoms with Crippen molar-refractivity contribution in [2.24, 2.45) is 11.8 Å². The van der Waals surface area contributed by atoms with Gasteiger partial charge in [-0.25, -0.2) is 0 Å². The Morgan fingerprint density at radius 3 is 1.00 bits per heavy atom. The fourth-order valence-corrected chi connectivity index (χ4v) is 6.36. The summed E-state index contributed by atoms with van der Waals surface area (Å²) in [5.41, 5.74) is 0. The lowest BCUT2D eigenvalue weighted by Crippen LogP contribution is -2.04. The Bertz CT molecular complexity index is 670. The number of rotatable bonds is 3. The van der Waals surface area contributed by atoms with Gasteiger partial charge in [0.25, 0.3) is 0 Å². The molecule has 3 aromatic carbocycles. The minimum Gasteiger partial charge on any atom is -0.0619 e. The van der Waals surface area contributed by atoms with Gasteiger partial charge in [0.05, 0.1) is 10.9 Å². The van der Waals surface area contributed by atoms with Gasteiger partial charge in [0.15, 0.2) is 14.7 Å². The van der Waals surface area contributed by atoms with E-state index in [1.165, 1.54) is 26.5 Å². The summed E-state index contributed by atoms with van der Waals surface area (Å²) < 4.78 is 0. The Kier molecular flexibility index (Phi) is 5.76. The predicted octanol–water partition coefficient (Wildman–Crippen LogP) is 6.98. The first-order valence-electron chi connectivity index (χ1n) is 9.79. The van der Waals surface area contributed by atoms with Gasteiger partial charge in [-0.1, -0.05) is 80.3 Å². The highest BCUT2D eigenvalue weighted by Gasteiger charge is 2.30. The van der Waals surface area contributed by atoms with E-state index in [2.05, 4.69) is 91.0 Å². The van der Waals surface area contributed by atoms with Gasteiger partial charge in [0.2, 0.25) is 0 Å². The molecule has 0 saturated heterocycles. The smallest absolute Gasteiger partial charge is 0.0619 e. The van der Waals surface area contributed by atoms with E-state index in [9.17, 15) is 0 Å². The third kappa shape index (κ3) is 4.22. The molecule has 0 aliphatic heterocycles. The molecule has 2 aliphatic rings. The van der Waals surface area contributed by atoms with E-state index < -0.39 is 0 Å². The van der Waals surface area contributed by atoms with Crippen LogP contribution in [0, 0.1) is 11.8 Å². The second kappa shape index (κ2) is 8.60. The minimum absolute atomic E-state index is 0.0146. The summed E-state index contributed by atoms with van der Waals surface area (Å²) in [5, 5.41) is 0. The highest BCUT2D eigenvalue weighted by atomic mass is 32.2. The standard InChI is InChI=1S/C18H15S.C7H12/c1-4-10-16(11-5-1)19(17-12-6-2-7-13-17)18-14-8-3-9-15-18;1-2-7-4-3-6(1)5-7/h1-15H;6-7H,1-5H2/q+1;. The quantitative estimate of drug-likeness (QED) is 0.443. The molecule has 0 heterocycles. The summed E-state index contributed by atoms with van der Waals surface area (Å²) in [6.45, 7) is 0. The van der Waals surface area contributed by atoms with Crippen molar-refractivity contribution in [2.75, 3.05) is 0 Å². The lowest BCUT2D eigenvalue weighted by Gasteiger charge is -2.07. The fraction of sp³-hybridized carbons (Fsp3) is 0.280. The lowest BCUT2D eigenvalue weighted by atomic mass is 10.0. The van der Waals surface area contributed by atoms with Gasteiger partial charge in [0, 0.05) is 0 Å². The van der Waals surface area contributed by atoms with Crippen molar-refractivity contribution >= 4 is 10.9 Å². The maximum atomic E-state index is 2.21. The van der Waals surface area contributed by atoms with Crippen LogP contribution in [-0.4, -0.2) is 0 Å². The van der Waals surface area contributed by atoms with Crippen molar-refractivity contribution in [1.29, 1.82) is 0 Å². The van der Waals surface area contributed by atoms with E-state index >= 15 is 0 Å². The highest BCUT2D eigenvalue weighted by Crippen LogP contribution is 2.43. The molecule has 0 unspecified atom stereocenters. The van der Waals surface area contributed by atoms with Crippen LogP contribution in [-0.2, 0) is 10.9 Å². The molecule has 26 heavy (non-hydrogen) atoms. The first-order chi connectivity index (χ1) is 12.9. The first kappa shape index (κ1) is 17.4. The largest absolute Gasteiger partial charge is 0.166 e. The summed E-state index contributed by atoms with van der Waals surface area (Å²) in [6, 6.07) is 32.2. The number of fused-ring (bicyclic) bond motifs is 2. The molecular weight excluding hydrogens is 332 g/mol. The third-order valence-electron chi connectivity index (χ3n) is 5.57. The second-order valence-corrected chi connectivity index (χ2v) is 9.39. The van der Waals surface area contributed by atoms with Gasteiger partial charge in [-0.15, -0.1) is 0 Å². The molecule has 2 aliphatic carbocycles. The van der Waals surface area contributed by atoms with E-state index in [-0.39, 0.29) is 10.9 Å². The third-order valence-corrected chi connectivity index (χ3v) is 7.80. The van der Waals surface area contributed by atoms with Crippen molar-refractivity contribution in [3.8, 4) is 0 Å². The Morgan fingerprint density at radius 2 is 0.769 bits per heavy atom. The van der Waals surface area contributed by atoms with Crippen LogP contribution >= 0.6 is 0 Å². The van der Waals surface area contributed by atoms with Crippen molar-refractivity contribution in [3.63, 3.8) is 0 Å². The molecule has 2 fully saturated rings. The molecule has 0 radical (unpaired) electrons. The summed E-state index contributed by atoms with van der Waals surface area (Å²) in [5.74, 6) is 2.34. The summed E-state index contributed by atoms with van der Waals surface area (Å²) in [6.07, 6.45) is 7.82. The molecule has 1 heteroatoms. The molecule has 2 bridgehead atoms. The molecule has 0 aromatic heterocycles. The molecular formula is C25H27S+. The molecule has 5 rings (SSSR count). The normalized spacial score (nSPS) is 20.7. The van der Waals surface area contributed by atoms with Crippen molar-refractivity contribution < 1.29 is 0 Å². The average Bonchev–Trinajstić information content (AvgIpc) is 3.37. The number of hydrogen-bond acceptors (Lipinski definition) is 0. The molecule has 0 spiro atoms. The van der Waals surface area contributed by atoms with Gasteiger partial charge in [0.1, 0.15) is 0 Å². The Labute approximate surface area is 160 Å². The Morgan fingerprint density at radius 1 is 0.462 bits per heavy atom. The van der Waals surface area contributed by atoms with Gasteiger partial charge in [-0.2, -0.15) is 0 Å². The summed E-state index contributed by atoms with van der Waals surface area (Å²) >= 11 is 0. The Hall–Kier alpha value is -1.99. The van der Waals surface area contributed by atoms with E-state index in [4.69, 9.17) is 0 Å². The Balaban J connectivity index is 0.000000198. The van der Waals surface area contributed by atoms with Gasteiger partial charge >= 0.3 is 0 Å². The van der Waals surface area contributed by atoms with Crippen LogP contribution in [0.25, 0.3) is 0 Å². The van der Waals surface area contributed by atoms with Gasteiger partial charge < -0.3 is 0 Å². The summed E-state index contributed by atoms with van der Waals surface area (Å²) in [7, 11) is -0.0146. The van der Waals surface area contributed by atoms with Crippen LogP contribution in [0.2, 0.25) is 0 Å². The molecule has 0 amide bonds. The van der Waals surface area contributed by atoms with Crippen molar-refractivity contribution in [2.45, 2.75) is 46.8 Å². The van der Waals surface area contributed by atoms with Crippen LogP contribution < -0.4 is 0 Å². The molecule has 132 valence electrons. The molecule has 0 N–H and O–H groups in total. The molecule has 3 aromatic rings. The van der Waals surface area contributed by atoms with E-state index in [0.717, 1.165) is 0 Å². The number of benzene rings is 3. The zero-order valence-corrected chi connectivity index (χ0v) is 16.1. The van der Waals surface area contributed by atoms with Crippen molar-refractivity contribution in [3.05, 3.63) is 91.0 Å². The van der Waals surface area contributed by atoms with Crippen LogP contribution in [0.1, 0.15) is 32.1 Å². The van der Waals surface area contributed by atoms with Crippen LogP contribution in [0.4, 0.5) is 0 Å². The average molecular weight is 360 g/mol. The lowest BCUT2D eigenvalue weighted by molar-refractivity contribution is 0.480. The molecule has 0 nitrogen and oxygen atoms in total. The fourth-order valence-electron chi connectivity index (χ4n) is 4.25. The van der Waals surface area contributed by atoms with E-state index in [1.807, 2.05) is 0 Å².